The molecule has 0 bridgehead atoms. The molecule has 66 valence electrons. The molecule has 0 atom stereocenters. The first kappa shape index (κ1) is 10.2. The fourth-order valence-corrected chi connectivity index (χ4v) is 2.45. The molecule has 3 nitrogen and oxygen atoms in total. The van der Waals surface area contributed by atoms with Crippen molar-refractivity contribution in [3.63, 3.8) is 0 Å². The Morgan fingerprint density at radius 3 is 2.42 bits per heavy atom. The summed E-state index contributed by atoms with van der Waals surface area (Å²) in [5, 5.41) is 0. The van der Waals surface area contributed by atoms with E-state index in [4.69, 9.17) is 9.79 Å². The van der Waals surface area contributed by atoms with Gasteiger partial charge in [-0.15, -0.1) is 0 Å². The first-order chi connectivity index (χ1) is 5.49. The van der Waals surface area contributed by atoms with E-state index in [1.54, 1.807) is 12.1 Å². The molecule has 1 rings (SSSR count). The lowest BCUT2D eigenvalue weighted by atomic mass is 10.2. The second kappa shape index (κ2) is 3.87. The van der Waals surface area contributed by atoms with E-state index in [2.05, 4.69) is 22.6 Å². The van der Waals surface area contributed by atoms with E-state index in [0.717, 1.165) is 3.57 Å². The summed E-state index contributed by atoms with van der Waals surface area (Å²) in [6.07, 6.45) is -0.174. The minimum atomic E-state index is -3.92. The number of halogens is 1. The SMILES string of the molecule is O=P(O)(O)Cc1ccccc1I. The van der Waals surface area contributed by atoms with Gasteiger partial charge in [0.2, 0.25) is 0 Å². The minimum absolute atomic E-state index is 0.174. The van der Waals surface area contributed by atoms with Crippen molar-refractivity contribution in [3.8, 4) is 0 Å². The third-order valence-corrected chi connectivity index (χ3v) is 3.14. The fraction of sp³-hybridized carbons (Fsp3) is 0.143. The van der Waals surface area contributed by atoms with E-state index in [9.17, 15) is 4.57 Å². The molecule has 12 heavy (non-hydrogen) atoms. The van der Waals surface area contributed by atoms with Crippen molar-refractivity contribution in [1.82, 2.24) is 0 Å². The van der Waals surface area contributed by atoms with Gasteiger partial charge in [-0.2, -0.15) is 0 Å². The third-order valence-electron chi connectivity index (χ3n) is 1.33. The Morgan fingerprint density at radius 1 is 1.33 bits per heavy atom. The van der Waals surface area contributed by atoms with Crippen LogP contribution in [-0.4, -0.2) is 9.79 Å². The molecule has 0 amide bonds. The van der Waals surface area contributed by atoms with E-state index in [-0.39, 0.29) is 6.16 Å². The highest BCUT2D eigenvalue weighted by Crippen LogP contribution is 2.39. The molecule has 0 radical (unpaired) electrons. The van der Waals surface area contributed by atoms with Gasteiger partial charge >= 0.3 is 7.60 Å². The number of benzene rings is 1. The van der Waals surface area contributed by atoms with Crippen LogP contribution in [0.1, 0.15) is 5.56 Å². The molecule has 0 aliphatic heterocycles. The van der Waals surface area contributed by atoms with Crippen molar-refractivity contribution < 1.29 is 14.4 Å². The average molecular weight is 298 g/mol. The van der Waals surface area contributed by atoms with Gasteiger partial charge in [0, 0.05) is 3.57 Å². The van der Waals surface area contributed by atoms with Gasteiger partial charge in [0.05, 0.1) is 6.16 Å². The predicted octanol–water partition coefficient (Wildman–Crippen LogP) is 1.97. The van der Waals surface area contributed by atoms with Crippen molar-refractivity contribution in [2.45, 2.75) is 6.16 Å². The van der Waals surface area contributed by atoms with E-state index >= 15 is 0 Å². The highest BCUT2D eigenvalue weighted by atomic mass is 127. The summed E-state index contributed by atoms with van der Waals surface area (Å²) in [6.45, 7) is 0. The van der Waals surface area contributed by atoms with Gasteiger partial charge < -0.3 is 9.79 Å². The first-order valence-corrected chi connectivity index (χ1v) is 6.15. The van der Waals surface area contributed by atoms with Crippen LogP contribution in [-0.2, 0) is 10.7 Å². The Bertz CT molecular complexity index is 320. The lowest BCUT2D eigenvalue weighted by Crippen LogP contribution is -1.89. The highest BCUT2D eigenvalue weighted by molar-refractivity contribution is 14.1. The molecule has 2 N–H and O–H groups in total. The van der Waals surface area contributed by atoms with Crippen molar-refractivity contribution in [2.24, 2.45) is 0 Å². The quantitative estimate of drug-likeness (QED) is 0.648. The maximum atomic E-state index is 10.6. The summed E-state index contributed by atoms with van der Waals surface area (Å²) in [5.41, 5.74) is 0.700. The molecule has 0 heterocycles. The third kappa shape index (κ3) is 3.23. The van der Waals surface area contributed by atoms with Crippen LogP contribution in [0, 0.1) is 3.57 Å². The molecule has 0 aliphatic rings. The van der Waals surface area contributed by atoms with Crippen molar-refractivity contribution in [2.75, 3.05) is 0 Å². The summed E-state index contributed by atoms with van der Waals surface area (Å²) in [6, 6.07) is 7.16. The maximum Gasteiger partial charge on any atom is 0.329 e. The minimum Gasteiger partial charge on any atom is -0.324 e. The molecule has 5 heteroatoms. The Labute approximate surface area is 84.1 Å². The largest absolute Gasteiger partial charge is 0.329 e. The lowest BCUT2D eigenvalue weighted by molar-refractivity contribution is 0.371. The van der Waals surface area contributed by atoms with E-state index < -0.39 is 7.60 Å². The van der Waals surface area contributed by atoms with Gasteiger partial charge in [0.1, 0.15) is 0 Å². The normalized spacial score (nSPS) is 11.6. The monoisotopic (exact) mass is 298 g/mol. The Balaban J connectivity index is 2.90. The molecule has 0 unspecified atom stereocenters. The highest BCUT2D eigenvalue weighted by Gasteiger charge is 2.14. The van der Waals surface area contributed by atoms with Crippen LogP contribution in [0.15, 0.2) is 24.3 Å². The molecule has 1 aromatic carbocycles. The summed E-state index contributed by atoms with van der Waals surface area (Å²) in [4.78, 5) is 17.4. The second-order valence-corrected chi connectivity index (χ2v) is 5.22. The topological polar surface area (TPSA) is 57.5 Å². The summed E-state index contributed by atoms with van der Waals surface area (Å²) < 4.78 is 11.5. The molecule has 0 saturated carbocycles. The van der Waals surface area contributed by atoms with Crippen LogP contribution in [0.25, 0.3) is 0 Å². The van der Waals surface area contributed by atoms with Crippen LogP contribution >= 0.6 is 30.2 Å². The maximum absolute atomic E-state index is 10.6. The van der Waals surface area contributed by atoms with Crippen LogP contribution < -0.4 is 0 Å². The molecule has 1 aromatic rings. The molecular formula is C7H8IO3P. The zero-order chi connectivity index (χ0) is 9.19. The standard InChI is InChI=1S/C7H8IO3P/c8-7-4-2-1-3-6(7)5-12(9,10)11/h1-4H,5H2,(H2,9,10,11). The first-order valence-electron chi connectivity index (χ1n) is 3.27. The predicted molar refractivity (Wildman–Crippen MR) is 54.9 cm³/mol. The van der Waals surface area contributed by atoms with Gasteiger partial charge in [-0.3, -0.25) is 4.57 Å². The van der Waals surface area contributed by atoms with Crippen molar-refractivity contribution >= 4 is 30.2 Å². The summed E-state index contributed by atoms with van der Waals surface area (Å²) in [7, 11) is -3.92. The van der Waals surface area contributed by atoms with Crippen LogP contribution in [0.2, 0.25) is 0 Å². The van der Waals surface area contributed by atoms with E-state index in [0.29, 0.717) is 5.56 Å². The second-order valence-electron chi connectivity index (χ2n) is 2.41. The van der Waals surface area contributed by atoms with Gasteiger partial charge in [-0.25, -0.2) is 0 Å². The molecule has 0 fully saturated rings. The average Bonchev–Trinajstić information content (AvgIpc) is 1.91. The zero-order valence-electron chi connectivity index (χ0n) is 6.14. The molecule has 0 aromatic heterocycles. The van der Waals surface area contributed by atoms with Crippen molar-refractivity contribution in [3.05, 3.63) is 33.4 Å². The zero-order valence-corrected chi connectivity index (χ0v) is 9.20. The Kier molecular flexibility index (Phi) is 3.29. The number of hydrogen-bond acceptors (Lipinski definition) is 1. The van der Waals surface area contributed by atoms with Crippen molar-refractivity contribution in [1.29, 1.82) is 0 Å². The molecule has 0 spiro atoms. The molecule has 0 aliphatic carbocycles. The summed E-state index contributed by atoms with van der Waals surface area (Å²) >= 11 is 2.06. The smallest absolute Gasteiger partial charge is 0.324 e. The Hall–Kier alpha value is 0.100. The van der Waals surface area contributed by atoms with Crippen LogP contribution in [0.5, 0.6) is 0 Å². The van der Waals surface area contributed by atoms with Gasteiger partial charge in [0.25, 0.3) is 0 Å². The fourth-order valence-electron chi connectivity index (χ4n) is 0.849. The van der Waals surface area contributed by atoms with Crippen LogP contribution in [0.3, 0.4) is 0 Å². The van der Waals surface area contributed by atoms with Crippen LogP contribution in [0.4, 0.5) is 0 Å². The lowest BCUT2D eigenvalue weighted by Gasteiger charge is -2.05. The number of hydrogen-bond donors (Lipinski definition) is 2. The summed E-state index contributed by atoms with van der Waals surface area (Å²) in [5.74, 6) is 0. The Morgan fingerprint density at radius 2 is 1.92 bits per heavy atom. The molecule has 0 saturated heterocycles. The van der Waals surface area contributed by atoms with E-state index in [1.807, 2.05) is 12.1 Å². The van der Waals surface area contributed by atoms with E-state index in [1.165, 1.54) is 0 Å². The number of rotatable bonds is 2. The van der Waals surface area contributed by atoms with Gasteiger partial charge in [0.15, 0.2) is 0 Å². The van der Waals surface area contributed by atoms with Gasteiger partial charge in [-0.05, 0) is 34.2 Å². The van der Waals surface area contributed by atoms with Gasteiger partial charge in [-0.1, -0.05) is 18.2 Å². The molecular weight excluding hydrogens is 290 g/mol.